The molecule has 152 valence electrons. The second-order valence-corrected chi connectivity index (χ2v) is 8.44. The third-order valence-electron chi connectivity index (χ3n) is 4.55. The first kappa shape index (κ1) is 21.9. The zero-order chi connectivity index (χ0) is 20.7. The topological polar surface area (TPSA) is 75.7 Å². The van der Waals surface area contributed by atoms with Gasteiger partial charge < -0.3 is 10.1 Å². The van der Waals surface area contributed by atoms with Gasteiger partial charge in [-0.25, -0.2) is 8.42 Å². The molecule has 2 aromatic carbocycles. The van der Waals surface area contributed by atoms with Crippen molar-refractivity contribution in [2.24, 2.45) is 0 Å². The van der Waals surface area contributed by atoms with Crippen LogP contribution in [0.25, 0.3) is 0 Å². The van der Waals surface area contributed by atoms with E-state index in [1.165, 1.54) is 4.31 Å². The molecular formula is C21H28N2O4S. The fraction of sp³-hybridized carbons (Fsp3) is 0.381. The molecule has 0 heterocycles. The number of carbonyl (C=O) groups is 1. The van der Waals surface area contributed by atoms with E-state index in [0.717, 1.165) is 11.1 Å². The summed E-state index contributed by atoms with van der Waals surface area (Å²) in [5, 5.41) is 2.87. The molecule has 0 aromatic heterocycles. The molecule has 0 saturated carbocycles. The number of amides is 1. The maximum Gasteiger partial charge on any atom is 0.258 e. The zero-order valence-electron chi connectivity index (χ0n) is 16.8. The van der Waals surface area contributed by atoms with Crippen molar-refractivity contribution in [3.05, 3.63) is 59.7 Å². The third-order valence-corrected chi connectivity index (χ3v) is 6.62. The van der Waals surface area contributed by atoms with Crippen LogP contribution in [0, 0.1) is 6.92 Å². The van der Waals surface area contributed by atoms with Gasteiger partial charge in [-0.3, -0.25) is 4.79 Å². The molecule has 1 N–H and O–H groups in total. The Morgan fingerprint density at radius 2 is 1.68 bits per heavy atom. The molecule has 0 fully saturated rings. The van der Waals surface area contributed by atoms with Crippen molar-refractivity contribution in [2.75, 3.05) is 19.7 Å². The average molecular weight is 405 g/mol. The summed E-state index contributed by atoms with van der Waals surface area (Å²) in [5.74, 6) is 0.437. The molecule has 6 nitrogen and oxygen atoms in total. The SMILES string of the molecule is CCN(CC)S(=O)(=O)c1ccc(C(C)NC(=O)COc2ccccc2C)cc1. The number of para-hydroxylation sites is 1. The molecule has 1 atom stereocenters. The van der Waals surface area contributed by atoms with Gasteiger partial charge in [0.05, 0.1) is 10.9 Å². The Labute approximate surface area is 167 Å². The van der Waals surface area contributed by atoms with E-state index in [1.54, 1.807) is 24.3 Å². The summed E-state index contributed by atoms with van der Waals surface area (Å²) in [7, 11) is -3.48. The molecule has 0 radical (unpaired) electrons. The van der Waals surface area contributed by atoms with E-state index in [0.29, 0.717) is 18.8 Å². The lowest BCUT2D eigenvalue weighted by Crippen LogP contribution is -2.32. The molecular weight excluding hydrogens is 376 g/mol. The Bertz CT molecular complexity index is 891. The van der Waals surface area contributed by atoms with Gasteiger partial charge >= 0.3 is 0 Å². The fourth-order valence-corrected chi connectivity index (χ4v) is 4.33. The van der Waals surface area contributed by atoms with Crippen molar-refractivity contribution in [1.82, 2.24) is 9.62 Å². The second kappa shape index (κ2) is 9.71. The summed E-state index contributed by atoms with van der Waals surface area (Å²) >= 11 is 0. The van der Waals surface area contributed by atoms with Crippen molar-refractivity contribution < 1.29 is 17.9 Å². The molecule has 0 aliphatic carbocycles. The normalized spacial score (nSPS) is 12.6. The van der Waals surface area contributed by atoms with Gasteiger partial charge in [0.1, 0.15) is 5.75 Å². The Balaban J connectivity index is 1.98. The summed E-state index contributed by atoms with van der Waals surface area (Å²) < 4.78 is 32.0. The monoisotopic (exact) mass is 404 g/mol. The summed E-state index contributed by atoms with van der Waals surface area (Å²) in [4.78, 5) is 12.4. The minimum atomic E-state index is -3.48. The van der Waals surface area contributed by atoms with Crippen molar-refractivity contribution >= 4 is 15.9 Å². The van der Waals surface area contributed by atoms with Gasteiger partial charge in [0.25, 0.3) is 5.91 Å². The first-order valence-electron chi connectivity index (χ1n) is 9.37. The Kier molecular flexibility index (Phi) is 7.60. The number of carbonyl (C=O) groups excluding carboxylic acids is 1. The zero-order valence-corrected chi connectivity index (χ0v) is 17.6. The molecule has 0 bridgehead atoms. The van der Waals surface area contributed by atoms with E-state index in [2.05, 4.69) is 5.32 Å². The Morgan fingerprint density at radius 3 is 2.25 bits per heavy atom. The number of aryl methyl sites for hydroxylation is 1. The van der Waals surface area contributed by atoms with Crippen molar-refractivity contribution in [2.45, 2.75) is 38.6 Å². The fourth-order valence-electron chi connectivity index (χ4n) is 2.87. The number of rotatable bonds is 9. The molecule has 0 aliphatic heterocycles. The number of hydrogen-bond donors (Lipinski definition) is 1. The van der Waals surface area contributed by atoms with E-state index in [-0.39, 0.29) is 23.5 Å². The molecule has 2 rings (SSSR count). The molecule has 0 aliphatic rings. The quantitative estimate of drug-likeness (QED) is 0.696. The molecule has 1 amide bonds. The summed E-state index contributed by atoms with van der Waals surface area (Å²) in [6, 6.07) is 13.9. The number of benzene rings is 2. The van der Waals surface area contributed by atoms with Gasteiger partial charge in [-0.2, -0.15) is 4.31 Å². The highest BCUT2D eigenvalue weighted by molar-refractivity contribution is 7.89. The van der Waals surface area contributed by atoms with Crippen LogP contribution >= 0.6 is 0 Å². The number of sulfonamides is 1. The van der Waals surface area contributed by atoms with Crippen LogP contribution in [-0.4, -0.2) is 38.3 Å². The first-order chi connectivity index (χ1) is 13.3. The van der Waals surface area contributed by atoms with Crippen LogP contribution < -0.4 is 10.1 Å². The van der Waals surface area contributed by atoms with Gasteiger partial charge in [0.15, 0.2) is 6.61 Å². The average Bonchev–Trinajstić information content (AvgIpc) is 2.68. The molecule has 1 unspecified atom stereocenters. The van der Waals surface area contributed by atoms with Gasteiger partial charge in [0.2, 0.25) is 10.0 Å². The highest BCUT2D eigenvalue weighted by Crippen LogP contribution is 2.20. The summed E-state index contributed by atoms with van der Waals surface area (Å²) in [6.45, 7) is 8.16. The summed E-state index contributed by atoms with van der Waals surface area (Å²) in [5.41, 5.74) is 1.79. The van der Waals surface area contributed by atoms with Crippen LogP contribution in [0.1, 0.15) is 37.9 Å². The van der Waals surface area contributed by atoms with E-state index < -0.39 is 10.0 Å². The predicted molar refractivity (Wildman–Crippen MR) is 110 cm³/mol. The van der Waals surface area contributed by atoms with Crippen molar-refractivity contribution in [1.29, 1.82) is 0 Å². The standard InChI is InChI=1S/C21H28N2O4S/c1-5-23(6-2)28(25,26)19-13-11-18(12-14-19)17(4)22-21(24)15-27-20-10-8-7-9-16(20)3/h7-14,17H,5-6,15H2,1-4H3,(H,22,24). The lowest BCUT2D eigenvalue weighted by atomic mass is 10.1. The molecule has 2 aromatic rings. The molecule has 28 heavy (non-hydrogen) atoms. The maximum absolute atomic E-state index is 12.5. The predicted octanol–water partition coefficient (Wildman–Crippen LogP) is 3.28. The van der Waals surface area contributed by atoms with Gasteiger partial charge in [-0.15, -0.1) is 0 Å². The Hall–Kier alpha value is -2.38. The highest BCUT2D eigenvalue weighted by Gasteiger charge is 2.21. The minimum absolute atomic E-state index is 0.0797. The van der Waals surface area contributed by atoms with Crippen LogP contribution in [0.2, 0.25) is 0 Å². The highest BCUT2D eigenvalue weighted by atomic mass is 32.2. The van der Waals surface area contributed by atoms with E-state index in [4.69, 9.17) is 4.74 Å². The summed E-state index contributed by atoms with van der Waals surface area (Å²) in [6.07, 6.45) is 0. The van der Waals surface area contributed by atoms with Crippen molar-refractivity contribution in [3.8, 4) is 5.75 Å². The molecule has 7 heteroatoms. The van der Waals surface area contributed by atoms with Gasteiger partial charge in [-0.1, -0.05) is 44.2 Å². The van der Waals surface area contributed by atoms with Gasteiger partial charge in [-0.05, 0) is 43.2 Å². The molecule has 0 saturated heterocycles. The lowest BCUT2D eigenvalue weighted by Gasteiger charge is -2.19. The Morgan fingerprint density at radius 1 is 1.07 bits per heavy atom. The first-order valence-corrected chi connectivity index (χ1v) is 10.8. The largest absolute Gasteiger partial charge is 0.484 e. The number of hydrogen-bond acceptors (Lipinski definition) is 4. The van der Waals surface area contributed by atoms with Crippen LogP contribution in [0.3, 0.4) is 0 Å². The van der Waals surface area contributed by atoms with Gasteiger partial charge in [0, 0.05) is 13.1 Å². The van der Waals surface area contributed by atoms with Crippen LogP contribution in [0.15, 0.2) is 53.4 Å². The lowest BCUT2D eigenvalue weighted by molar-refractivity contribution is -0.123. The van der Waals surface area contributed by atoms with Crippen LogP contribution in [0.4, 0.5) is 0 Å². The van der Waals surface area contributed by atoms with Crippen LogP contribution in [0.5, 0.6) is 5.75 Å². The van der Waals surface area contributed by atoms with Crippen molar-refractivity contribution in [3.63, 3.8) is 0 Å². The maximum atomic E-state index is 12.5. The number of nitrogens with one attached hydrogen (secondary N) is 1. The number of nitrogens with zero attached hydrogens (tertiary/aromatic N) is 1. The minimum Gasteiger partial charge on any atom is -0.484 e. The second-order valence-electron chi connectivity index (χ2n) is 6.50. The smallest absolute Gasteiger partial charge is 0.258 e. The number of ether oxygens (including phenoxy) is 1. The van der Waals surface area contributed by atoms with E-state index >= 15 is 0 Å². The third kappa shape index (κ3) is 5.33. The van der Waals surface area contributed by atoms with E-state index in [9.17, 15) is 13.2 Å². The molecule has 0 spiro atoms. The van der Waals surface area contributed by atoms with Crippen LogP contribution in [-0.2, 0) is 14.8 Å². The van der Waals surface area contributed by atoms with E-state index in [1.807, 2.05) is 52.0 Å².